The maximum Gasteiger partial charge on any atom is 0.248 e. The zero-order valence-corrected chi connectivity index (χ0v) is 14.5. The molecular weight excluding hydrogens is 351 g/mol. The first kappa shape index (κ1) is 18.4. The van der Waals surface area contributed by atoms with Gasteiger partial charge in [0.25, 0.3) is 0 Å². The van der Waals surface area contributed by atoms with E-state index < -0.39 is 17.7 Å². The average molecular weight is 370 g/mol. The van der Waals surface area contributed by atoms with Gasteiger partial charge in [0, 0.05) is 23.4 Å². The van der Waals surface area contributed by atoms with E-state index in [0.29, 0.717) is 12.2 Å². The van der Waals surface area contributed by atoms with Crippen LogP contribution in [-0.4, -0.2) is 30.8 Å². The van der Waals surface area contributed by atoms with Crippen LogP contribution in [0.5, 0.6) is 0 Å². The lowest BCUT2D eigenvalue weighted by atomic mass is 10.0. The molecule has 0 atom stereocenters. The molecule has 0 aromatic heterocycles. The van der Waals surface area contributed by atoms with Crippen LogP contribution in [0.4, 0.5) is 15.8 Å². The zero-order valence-electron chi connectivity index (χ0n) is 14.5. The second-order valence-electron chi connectivity index (χ2n) is 6.35. The van der Waals surface area contributed by atoms with Crippen molar-refractivity contribution in [3.05, 3.63) is 58.9 Å². The number of nitrogens with zero attached hydrogens (tertiary/aromatic N) is 1. The van der Waals surface area contributed by atoms with Crippen LogP contribution >= 0.6 is 0 Å². The summed E-state index contributed by atoms with van der Waals surface area (Å²) < 4.78 is 14.2. The number of hydrogen-bond acceptors (Lipinski definition) is 4. The summed E-state index contributed by atoms with van der Waals surface area (Å²) in [5.74, 6) is -2.28. The Balaban J connectivity index is 1.80. The summed E-state index contributed by atoms with van der Waals surface area (Å²) >= 11 is 0. The van der Waals surface area contributed by atoms with Gasteiger partial charge in [-0.05, 0) is 42.7 Å². The molecule has 0 fully saturated rings. The average Bonchev–Trinajstić information content (AvgIpc) is 2.61. The van der Waals surface area contributed by atoms with E-state index in [1.165, 1.54) is 24.3 Å². The molecule has 2 aromatic rings. The number of carbonyl (C=O) groups excluding carboxylic acids is 3. The van der Waals surface area contributed by atoms with Gasteiger partial charge in [0.15, 0.2) is 0 Å². The maximum atomic E-state index is 14.2. The number of benzene rings is 2. The molecule has 1 heterocycles. The van der Waals surface area contributed by atoms with Crippen molar-refractivity contribution in [2.24, 2.45) is 11.5 Å². The fourth-order valence-electron chi connectivity index (χ4n) is 3.20. The number of nitrogens with two attached hydrogens (primary N) is 2. The van der Waals surface area contributed by atoms with Gasteiger partial charge in [0.2, 0.25) is 17.7 Å². The van der Waals surface area contributed by atoms with E-state index in [9.17, 15) is 18.8 Å². The number of carbonyl (C=O) groups is 3. The molecule has 7 nitrogen and oxygen atoms in total. The second kappa shape index (κ2) is 7.45. The summed E-state index contributed by atoms with van der Waals surface area (Å²) in [5, 5.41) is 2.61. The summed E-state index contributed by atoms with van der Waals surface area (Å²) in [6, 6.07) is 8.84. The van der Waals surface area contributed by atoms with Crippen molar-refractivity contribution in [3.63, 3.8) is 0 Å². The summed E-state index contributed by atoms with van der Waals surface area (Å²) in [6.45, 7) is 0.482. The zero-order chi connectivity index (χ0) is 19.6. The molecule has 0 saturated carbocycles. The highest BCUT2D eigenvalue weighted by molar-refractivity contribution is 6.02. The highest BCUT2D eigenvalue weighted by atomic mass is 19.1. The minimum Gasteiger partial charge on any atom is -0.366 e. The van der Waals surface area contributed by atoms with Crippen molar-refractivity contribution < 1.29 is 18.8 Å². The molecule has 1 aliphatic heterocycles. The highest BCUT2D eigenvalue weighted by Crippen LogP contribution is 2.29. The van der Waals surface area contributed by atoms with Gasteiger partial charge < -0.3 is 21.7 Å². The van der Waals surface area contributed by atoms with Crippen LogP contribution < -0.4 is 21.7 Å². The SMILES string of the molecule is NC(=O)c1cc(NC(=O)CN2CCCc3cccc(F)c32)cc(C(N)=O)c1. The van der Waals surface area contributed by atoms with E-state index in [1.807, 2.05) is 6.07 Å². The number of para-hydroxylation sites is 1. The van der Waals surface area contributed by atoms with Gasteiger partial charge in [0.1, 0.15) is 5.82 Å². The van der Waals surface area contributed by atoms with Crippen molar-refractivity contribution in [3.8, 4) is 0 Å². The number of halogens is 1. The number of aryl methyl sites for hydroxylation is 1. The van der Waals surface area contributed by atoms with E-state index in [2.05, 4.69) is 5.32 Å². The Morgan fingerprint density at radius 2 is 1.74 bits per heavy atom. The van der Waals surface area contributed by atoms with Gasteiger partial charge in [-0.1, -0.05) is 12.1 Å². The Labute approximate surface area is 155 Å². The lowest BCUT2D eigenvalue weighted by molar-refractivity contribution is -0.115. The predicted molar refractivity (Wildman–Crippen MR) is 99.0 cm³/mol. The molecule has 3 rings (SSSR count). The summed E-state index contributed by atoms with van der Waals surface area (Å²) in [4.78, 5) is 37.0. The number of fused-ring (bicyclic) bond motifs is 1. The van der Waals surface area contributed by atoms with Crippen LogP contribution in [-0.2, 0) is 11.2 Å². The number of nitrogens with one attached hydrogen (secondary N) is 1. The Bertz CT molecular complexity index is 897. The number of rotatable bonds is 5. The van der Waals surface area contributed by atoms with Crippen LogP contribution in [0, 0.1) is 5.82 Å². The topological polar surface area (TPSA) is 119 Å². The Kier molecular flexibility index (Phi) is 5.07. The predicted octanol–water partition coefficient (Wildman–Crippen LogP) is 1.41. The largest absolute Gasteiger partial charge is 0.366 e. The molecule has 0 saturated heterocycles. The fourth-order valence-corrected chi connectivity index (χ4v) is 3.20. The summed E-state index contributed by atoms with van der Waals surface area (Å²) in [5.41, 5.74) is 12.1. The summed E-state index contributed by atoms with van der Waals surface area (Å²) in [6.07, 6.45) is 1.57. The van der Waals surface area contributed by atoms with Crippen molar-refractivity contribution >= 4 is 29.1 Å². The van der Waals surface area contributed by atoms with Gasteiger partial charge in [0.05, 0.1) is 12.2 Å². The van der Waals surface area contributed by atoms with Crippen LogP contribution in [0.2, 0.25) is 0 Å². The molecule has 140 valence electrons. The number of amides is 3. The molecule has 8 heteroatoms. The molecule has 5 N–H and O–H groups in total. The number of anilines is 2. The van der Waals surface area contributed by atoms with Crippen molar-refractivity contribution in [1.82, 2.24) is 0 Å². The third kappa shape index (κ3) is 4.05. The molecule has 2 aromatic carbocycles. The Hall–Kier alpha value is -3.42. The third-order valence-electron chi connectivity index (χ3n) is 4.38. The molecule has 0 aliphatic carbocycles. The molecule has 1 aliphatic rings. The van der Waals surface area contributed by atoms with Crippen molar-refractivity contribution in [1.29, 1.82) is 0 Å². The van der Waals surface area contributed by atoms with E-state index in [0.717, 1.165) is 18.4 Å². The summed E-state index contributed by atoms with van der Waals surface area (Å²) in [7, 11) is 0. The van der Waals surface area contributed by atoms with Gasteiger partial charge in [-0.3, -0.25) is 14.4 Å². The van der Waals surface area contributed by atoms with Gasteiger partial charge >= 0.3 is 0 Å². The minimum absolute atomic E-state index is 0.0518. The lowest BCUT2D eigenvalue weighted by Crippen LogP contribution is -2.37. The second-order valence-corrected chi connectivity index (χ2v) is 6.35. The quantitative estimate of drug-likeness (QED) is 0.737. The minimum atomic E-state index is -0.749. The van der Waals surface area contributed by atoms with Gasteiger partial charge in [-0.15, -0.1) is 0 Å². The molecule has 0 bridgehead atoms. The molecule has 0 radical (unpaired) electrons. The number of primary amides is 2. The fraction of sp³-hybridized carbons (Fsp3) is 0.211. The molecule has 27 heavy (non-hydrogen) atoms. The van der Waals surface area contributed by atoms with Crippen molar-refractivity contribution in [2.45, 2.75) is 12.8 Å². The van der Waals surface area contributed by atoms with Crippen LogP contribution in [0.15, 0.2) is 36.4 Å². The van der Waals surface area contributed by atoms with E-state index in [4.69, 9.17) is 11.5 Å². The molecule has 3 amide bonds. The van der Waals surface area contributed by atoms with E-state index >= 15 is 0 Å². The van der Waals surface area contributed by atoms with Crippen LogP contribution in [0.1, 0.15) is 32.7 Å². The maximum absolute atomic E-state index is 14.2. The Morgan fingerprint density at radius 1 is 1.07 bits per heavy atom. The van der Waals surface area contributed by atoms with Gasteiger partial charge in [-0.2, -0.15) is 0 Å². The highest BCUT2D eigenvalue weighted by Gasteiger charge is 2.22. The van der Waals surface area contributed by atoms with Crippen LogP contribution in [0.3, 0.4) is 0 Å². The smallest absolute Gasteiger partial charge is 0.248 e. The first-order valence-corrected chi connectivity index (χ1v) is 8.42. The van der Waals surface area contributed by atoms with Gasteiger partial charge in [-0.25, -0.2) is 4.39 Å². The first-order chi connectivity index (χ1) is 12.8. The monoisotopic (exact) mass is 370 g/mol. The molecule has 0 unspecified atom stereocenters. The van der Waals surface area contributed by atoms with E-state index in [-0.39, 0.29) is 29.2 Å². The molecular formula is C19H19FN4O3. The van der Waals surface area contributed by atoms with Crippen molar-refractivity contribution in [2.75, 3.05) is 23.3 Å². The standard InChI is InChI=1S/C19H19FN4O3/c20-15-5-1-3-11-4-2-6-24(17(11)15)10-16(25)23-14-8-12(18(21)26)7-13(9-14)19(22)27/h1,3,5,7-9H,2,4,6,10H2,(H2,21,26)(H2,22,27)(H,23,25). The molecule has 0 spiro atoms. The normalized spacial score (nSPS) is 13.0. The lowest BCUT2D eigenvalue weighted by Gasteiger charge is -2.31. The first-order valence-electron chi connectivity index (χ1n) is 8.42. The van der Waals surface area contributed by atoms with E-state index in [1.54, 1.807) is 11.0 Å². The third-order valence-corrected chi connectivity index (χ3v) is 4.38. The van der Waals surface area contributed by atoms with Crippen LogP contribution in [0.25, 0.3) is 0 Å². The Morgan fingerprint density at radius 3 is 2.37 bits per heavy atom. The number of hydrogen-bond donors (Lipinski definition) is 3.